The summed E-state index contributed by atoms with van der Waals surface area (Å²) in [6.45, 7) is 10.6. The number of ether oxygens (including phenoxy) is 2. The highest BCUT2D eigenvalue weighted by Gasteiger charge is 2.22. The highest BCUT2D eigenvalue weighted by molar-refractivity contribution is 7.09. The van der Waals surface area contributed by atoms with Crippen molar-refractivity contribution in [3.63, 3.8) is 0 Å². The maximum Gasteiger partial charge on any atom is 0.246 e. The SMILES string of the molecule is COc1ccc(/C=C/C(=O)N2CCN(Cc3csc(C(C)(C)C)n3)CC2)cc1OC. The molecule has 2 heterocycles. The van der Waals surface area contributed by atoms with E-state index in [2.05, 4.69) is 31.1 Å². The molecule has 0 atom stereocenters. The number of hydrogen-bond donors (Lipinski definition) is 0. The first-order chi connectivity index (χ1) is 14.3. The molecule has 2 aromatic rings. The Hall–Kier alpha value is -2.38. The normalized spacial score (nSPS) is 15.6. The number of nitrogens with zero attached hydrogens (tertiary/aromatic N) is 3. The van der Waals surface area contributed by atoms with E-state index in [1.54, 1.807) is 31.6 Å². The first kappa shape index (κ1) is 22.3. The Kier molecular flexibility index (Phi) is 7.15. The van der Waals surface area contributed by atoms with Gasteiger partial charge in [0.1, 0.15) is 0 Å². The van der Waals surface area contributed by atoms with Crippen LogP contribution < -0.4 is 9.47 Å². The van der Waals surface area contributed by atoms with E-state index < -0.39 is 0 Å². The summed E-state index contributed by atoms with van der Waals surface area (Å²) >= 11 is 1.73. The van der Waals surface area contributed by atoms with Gasteiger partial charge in [-0.3, -0.25) is 9.69 Å². The van der Waals surface area contributed by atoms with Crippen LogP contribution in [0.3, 0.4) is 0 Å². The van der Waals surface area contributed by atoms with Crippen LogP contribution in [0.5, 0.6) is 11.5 Å². The van der Waals surface area contributed by atoms with E-state index in [9.17, 15) is 4.79 Å². The van der Waals surface area contributed by atoms with Crippen molar-refractivity contribution in [3.05, 3.63) is 45.9 Å². The number of piperazine rings is 1. The summed E-state index contributed by atoms with van der Waals surface area (Å²) in [5.41, 5.74) is 2.12. The second-order valence-corrected chi connectivity index (χ2v) is 9.30. The van der Waals surface area contributed by atoms with Crippen molar-refractivity contribution in [2.24, 2.45) is 0 Å². The van der Waals surface area contributed by atoms with Crippen molar-refractivity contribution in [2.75, 3.05) is 40.4 Å². The van der Waals surface area contributed by atoms with Crippen molar-refractivity contribution >= 4 is 23.3 Å². The molecule has 1 fully saturated rings. The molecule has 3 rings (SSSR count). The van der Waals surface area contributed by atoms with E-state index in [1.807, 2.05) is 29.2 Å². The van der Waals surface area contributed by atoms with Gasteiger partial charge >= 0.3 is 0 Å². The molecule has 0 N–H and O–H groups in total. The largest absolute Gasteiger partial charge is 0.493 e. The summed E-state index contributed by atoms with van der Waals surface area (Å²) in [4.78, 5) is 21.6. The molecule has 0 saturated carbocycles. The quantitative estimate of drug-likeness (QED) is 0.654. The van der Waals surface area contributed by atoms with Crippen LogP contribution in [0.1, 0.15) is 37.0 Å². The van der Waals surface area contributed by atoms with Gasteiger partial charge in [0.2, 0.25) is 5.91 Å². The number of amides is 1. The molecule has 0 spiro atoms. The second kappa shape index (κ2) is 9.62. The minimum atomic E-state index is 0.0353. The molecule has 1 aromatic heterocycles. The monoisotopic (exact) mass is 429 g/mol. The van der Waals surface area contributed by atoms with Gasteiger partial charge in [-0.2, -0.15) is 0 Å². The molecule has 1 saturated heterocycles. The minimum Gasteiger partial charge on any atom is -0.493 e. The van der Waals surface area contributed by atoms with Gasteiger partial charge in [-0.1, -0.05) is 26.8 Å². The molecule has 0 radical (unpaired) electrons. The zero-order chi connectivity index (χ0) is 21.7. The third-order valence-electron chi connectivity index (χ3n) is 5.09. The summed E-state index contributed by atoms with van der Waals surface area (Å²) in [5, 5.41) is 3.33. The molecular formula is C23H31N3O3S. The van der Waals surface area contributed by atoms with Gasteiger partial charge in [-0.25, -0.2) is 4.98 Å². The Morgan fingerprint density at radius 2 is 1.83 bits per heavy atom. The van der Waals surface area contributed by atoms with E-state index in [4.69, 9.17) is 14.5 Å². The Labute approximate surface area is 183 Å². The zero-order valence-corrected chi connectivity index (χ0v) is 19.3. The van der Waals surface area contributed by atoms with Crippen LogP contribution in [-0.2, 0) is 16.8 Å². The molecule has 0 bridgehead atoms. The van der Waals surface area contributed by atoms with Gasteiger partial charge in [0.05, 0.1) is 24.9 Å². The van der Waals surface area contributed by atoms with Crippen LogP contribution in [0, 0.1) is 0 Å². The third kappa shape index (κ3) is 5.61. The van der Waals surface area contributed by atoms with Crippen molar-refractivity contribution in [1.82, 2.24) is 14.8 Å². The fourth-order valence-electron chi connectivity index (χ4n) is 3.31. The zero-order valence-electron chi connectivity index (χ0n) is 18.5. The molecule has 1 aromatic carbocycles. The summed E-state index contributed by atoms with van der Waals surface area (Å²) in [7, 11) is 3.21. The topological polar surface area (TPSA) is 54.9 Å². The van der Waals surface area contributed by atoms with E-state index in [-0.39, 0.29) is 11.3 Å². The molecule has 7 heteroatoms. The smallest absolute Gasteiger partial charge is 0.246 e. The predicted octanol–water partition coefficient (Wildman–Crippen LogP) is 3.82. The fraction of sp³-hybridized carbons (Fsp3) is 0.478. The van der Waals surface area contributed by atoms with Gasteiger partial charge in [0, 0.05) is 49.6 Å². The van der Waals surface area contributed by atoms with Crippen LogP contribution in [0.2, 0.25) is 0 Å². The molecule has 1 aliphatic heterocycles. The summed E-state index contributed by atoms with van der Waals surface area (Å²) in [5.74, 6) is 1.36. The fourth-order valence-corrected chi connectivity index (χ4v) is 4.21. The van der Waals surface area contributed by atoms with Gasteiger partial charge in [-0.05, 0) is 23.8 Å². The lowest BCUT2D eigenvalue weighted by Gasteiger charge is -2.33. The highest BCUT2D eigenvalue weighted by Crippen LogP contribution is 2.28. The Morgan fingerprint density at radius 1 is 1.13 bits per heavy atom. The number of hydrogen-bond acceptors (Lipinski definition) is 6. The van der Waals surface area contributed by atoms with Gasteiger partial charge in [-0.15, -0.1) is 11.3 Å². The highest BCUT2D eigenvalue weighted by atomic mass is 32.1. The Morgan fingerprint density at radius 3 is 2.43 bits per heavy atom. The van der Waals surface area contributed by atoms with Crippen LogP contribution >= 0.6 is 11.3 Å². The maximum absolute atomic E-state index is 12.6. The Bertz CT molecular complexity index is 893. The Balaban J connectivity index is 1.51. The van der Waals surface area contributed by atoms with Crippen molar-refractivity contribution in [2.45, 2.75) is 32.7 Å². The summed E-state index contributed by atoms with van der Waals surface area (Å²) in [6.07, 6.45) is 3.45. The standard InChI is InChI=1S/C23H31N3O3S/c1-23(2,3)22-24-18(16-30-22)15-25-10-12-26(13-11-25)21(27)9-7-17-6-8-19(28-4)20(14-17)29-5/h6-9,14,16H,10-13,15H2,1-5H3/b9-7+. The van der Waals surface area contributed by atoms with E-state index in [0.29, 0.717) is 11.5 Å². The summed E-state index contributed by atoms with van der Waals surface area (Å²) in [6, 6.07) is 5.61. The molecule has 30 heavy (non-hydrogen) atoms. The molecule has 0 aliphatic carbocycles. The third-order valence-corrected chi connectivity index (χ3v) is 6.41. The van der Waals surface area contributed by atoms with Crippen LogP contribution in [-0.4, -0.2) is 61.1 Å². The number of thiazole rings is 1. The van der Waals surface area contributed by atoms with Gasteiger partial charge < -0.3 is 14.4 Å². The summed E-state index contributed by atoms with van der Waals surface area (Å²) < 4.78 is 10.6. The van der Waals surface area contributed by atoms with E-state index in [1.165, 1.54) is 5.01 Å². The van der Waals surface area contributed by atoms with Gasteiger partial charge in [0.25, 0.3) is 0 Å². The molecule has 0 unspecified atom stereocenters. The predicted molar refractivity (Wildman–Crippen MR) is 121 cm³/mol. The van der Waals surface area contributed by atoms with Crippen LogP contribution in [0.4, 0.5) is 0 Å². The molecule has 162 valence electrons. The number of carbonyl (C=O) groups is 1. The van der Waals surface area contributed by atoms with E-state index in [0.717, 1.165) is 44.0 Å². The van der Waals surface area contributed by atoms with Crippen molar-refractivity contribution in [3.8, 4) is 11.5 Å². The van der Waals surface area contributed by atoms with Crippen LogP contribution in [0.25, 0.3) is 6.08 Å². The molecule has 1 amide bonds. The first-order valence-corrected chi connectivity index (χ1v) is 11.0. The van der Waals surface area contributed by atoms with Gasteiger partial charge in [0.15, 0.2) is 11.5 Å². The van der Waals surface area contributed by atoms with Crippen molar-refractivity contribution < 1.29 is 14.3 Å². The molecule has 6 nitrogen and oxygen atoms in total. The number of carbonyl (C=O) groups excluding carboxylic acids is 1. The average Bonchev–Trinajstić information content (AvgIpc) is 3.21. The van der Waals surface area contributed by atoms with Crippen LogP contribution in [0.15, 0.2) is 29.7 Å². The number of benzene rings is 1. The first-order valence-electron chi connectivity index (χ1n) is 10.2. The lowest BCUT2D eigenvalue weighted by atomic mass is 9.98. The average molecular weight is 430 g/mol. The lowest BCUT2D eigenvalue weighted by Crippen LogP contribution is -2.47. The molecular weight excluding hydrogens is 398 g/mol. The second-order valence-electron chi connectivity index (χ2n) is 8.44. The minimum absolute atomic E-state index is 0.0353. The van der Waals surface area contributed by atoms with Crippen molar-refractivity contribution in [1.29, 1.82) is 0 Å². The van der Waals surface area contributed by atoms with E-state index >= 15 is 0 Å². The number of methoxy groups -OCH3 is 2. The number of aromatic nitrogens is 1. The number of rotatable bonds is 6. The molecule has 1 aliphatic rings. The lowest BCUT2D eigenvalue weighted by molar-refractivity contribution is -0.127. The maximum atomic E-state index is 12.6.